The fourth-order valence-corrected chi connectivity index (χ4v) is 4.94. The highest BCUT2D eigenvalue weighted by atomic mass is 32.2. The fraction of sp³-hybridized carbons (Fsp3) is 1.00. The second-order valence-corrected chi connectivity index (χ2v) is 7.85. The Hall–Kier alpha value is -0.210. The van der Waals surface area contributed by atoms with Gasteiger partial charge < -0.3 is 10.5 Å². The molecule has 0 saturated carbocycles. The maximum absolute atomic E-state index is 12.8. The highest BCUT2D eigenvalue weighted by Crippen LogP contribution is 2.26. The lowest BCUT2D eigenvalue weighted by Gasteiger charge is -2.41. The van der Waals surface area contributed by atoms with Gasteiger partial charge in [0.05, 0.1) is 6.10 Å². The molecule has 0 spiro atoms. The van der Waals surface area contributed by atoms with E-state index in [1.54, 1.807) is 15.7 Å². The van der Waals surface area contributed by atoms with Crippen LogP contribution in [0.15, 0.2) is 0 Å². The molecule has 0 aromatic rings. The van der Waals surface area contributed by atoms with Crippen molar-refractivity contribution in [2.75, 3.05) is 33.3 Å². The van der Waals surface area contributed by atoms with Crippen LogP contribution in [0.5, 0.6) is 0 Å². The Labute approximate surface area is 122 Å². The van der Waals surface area contributed by atoms with E-state index in [2.05, 4.69) is 6.92 Å². The molecule has 2 aliphatic heterocycles. The summed E-state index contributed by atoms with van der Waals surface area (Å²) in [5.74, 6) is 0.617. The molecular weight excluding hydrogens is 278 g/mol. The van der Waals surface area contributed by atoms with Gasteiger partial charge in [0.2, 0.25) is 0 Å². The number of piperidine rings is 2. The van der Waals surface area contributed by atoms with E-state index in [1.807, 2.05) is 0 Å². The summed E-state index contributed by atoms with van der Waals surface area (Å²) in [6, 6.07) is -0.141. The van der Waals surface area contributed by atoms with Crippen molar-refractivity contribution >= 4 is 10.2 Å². The van der Waals surface area contributed by atoms with Crippen LogP contribution in [0, 0.1) is 5.92 Å². The van der Waals surface area contributed by atoms with Crippen molar-refractivity contribution in [2.24, 2.45) is 11.7 Å². The minimum absolute atomic E-state index is 0.122. The summed E-state index contributed by atoms with van der Waals surface area (Å²) in [4.78, 5) is 0. The van der Waals surface area contributed by atoms with Gasteiger partial charge >= 0.3 is 0 Å². The van der Waals surface area contributed by atoms with E-state index < -0.39 is 10.2 Å². The van der Waals surface area contributed by atoms with Crippen molar-refractivity contribution in [3.8, 4) is 0 Å². The third-order valence-corrected chi connectivity index (χ3v) is 6.68. The van der Waals surface area contributed by atoms with Gasteiger partial charge in [-0.3, -0.25) is 0 Å². The van der Waals surface area contributed by atoms with Gasteiger partial charge in [0, 0.05) is 39.3 Å². The Bertz CT molecular complexity index is 407. The Balaban J connectivity index is 2.08. The quantitative estimate of drug-likeness (QED) is 0.816. The van der Waals surface area contributed by atoms with Gasteiger partial charge in [-0.15, -0.1) is 0 Å². The molecule has 0 amide bonds. The molecule has 0 aliphatic carbocycles. The molecule has 2 saturated heterocycles. The van der Waals surface area contributed by atoms with Crippen LogP contribution < -0.4 is 5.73 Å². The molecule has 20 heavy (non-hydrogen) atoms. The average Bonchev–Trinajstić information content (AvgIpc) is 2.46. The van der Waals surface area contributed by atoms with Crippen LogP contribution in [0.3, 0.4) is 0 Å². The molecule has 0 radical (unpaired) electrons. The van der Waals surface area contributed by atoms with Gasteiger partial charge in [-0.25, -0.2) is 0 Å². The number of hydrogen-bond donors (Lipinski definition) is 1. The predicted octanol–water partition coefficient (Wildman–Crippen LogP) is 0.401. The van der Waals surface area contributed by atoms with Gasteiger partial charge in [-0.2, -0.15) is 17.0 Å². The van der Waals surface area contributed by atoms with E-state index in [0.717, 1.165) is 19.3 Å². The summed E-state index contributed by atoms with van der Waals surface area (Å²) >= 11 is 0. The number of methoxy groups -OCH3 is 1. The smallest absolute Gasteiger partial charge is 0.282 e. The minimum Gasteiger partial charge on any atom is -0.381 e. The lowest BCUT2D eigenvalue weighted by atomic mass is 10.0. The highest BCUT2D eigenvalue weighted by molar-refractivity contribution is 7.86. The first-order chi connectivity index (χ1) is 9.48. The third kappa shape index (κ3) is 3.33. The van der Waals surface area contributed by atoms with E-state index in [9.17, 15) is 8.42 Å². The van der Waals surface area contributed by atoms with Crippen molar-refractivity contribution in [2.45, 2.75) is 44.8 Å². The zero-order chi connectivity index (χ0) is 14.8. The van der Waals surface area contributed by atoms with Crippen LogP contribution in [-0.2, 0) is 14.9 Å². The van der Waals surface area contributed by atoms with Crippen LogP contribution in [-0.4, -0.2) is 62.5 Å². The zero-order valence-electron chi connectivity index (χ0n) is 12.5. The van der Waals surface area contributed by atoms with Crippen molar-refractivity contribution in [1.82, 2.24) is 8.61 Å². The maximum Gasteiger partial charge on any atom is 0.282 e. The van der Waals surface area contributed by atoms with Crippen molar-refractivity contribution in [3.63, 3.8) is 0 Å². The molecule has 2 atom stereocenters. The molecule has 118 valence electrons. The van der Waals surface area contributed by atoms with Crippen molar-refractivity contribution in [1.29, 1.82) is 0 Å². The van der Waals surface area contributed by atoms with Crippen LogP contribution in [0.1, 0.15) is 32.6 Å². The van der Waals surface area contributed by atoms with Crippen molar-refractivity contribution < 1.29 is 13.2 Å². The number of nitrogens with two attached hydrogens (primary N) is 1. The maximum atomic E-state index is 12.8. The van der Waals surface area contributed by atoms with E-state index in [0.29, 0.717) is 38.5 Å². The molecule has 7 heteroatoms. The lowest BCUT2D eigenvalue weighted by molar-refractivity contribution is 0.0380. The van der Waals surface area contributed by atoms with Gasteiger partial charge in [-0.05, 0) is 31.6 Å². The Morgan fingerprint density at radius 3 is 2.40 bits per heavy atom. The molecule has 2 rings (SSSR count). The first-order valence-corrected chi connectivity index (χ1v) is 8.88. The molecule has 2 unspecified atom stereocenters. The highest BCUT2D eigenvalue weighted by Gasteiger charge is 2.39. The van der Waals surface area contributed by atoms with E-state index in [4.69, 9.17) is 10.5 Å². The molecule has 2 N–H and O–H groups in total. The topological polar surface area (TPSA) is 75.9 Å². The molecule has 2 heterocycles. The second-order valence-electron chi connectivity index (χ2n) is 5.97. The predicted molar refractivity (Wildman–Crippen MR) is 78.5 cm³/mol. The fourth-order valence-electron chi connectivity index (χ4n) is 3.09. The molecule has 6 nitrogen and oxygen atoms in total. The van der Waals surface area contributed by atoms with Gasteiger partial charge in [-0.1, -0.05) is 6.92 Å². The van der Waals surface area contributed by atoms with Crippen LogP contribution in [0.2, 0.25) is 0 Å². The summed E-state index contributed by atoms with van der Waals surface area (Å²) in [7, 11) is -1.70. The third-order valence-electron chi connectivity index (χ3n) is 4.58. The molecule has 0 bridgehead atoms. The van der Waals surface area contributed by atoms with Crippen LogP contribution in [0.4, 0.5) is 0 Å². The van der Waals surface area contributed by atoms with E-state index in [1.165, 1.54) is 0 Å². The largest absolute Gasteiger partial charge is 0.381 e. The lowest BCUT2D eigenvalue weighted by Crippen LogP contribution is -2.56. The summed E-state index contributed by atoms with van der Waals surface area (Å²) < 4.78 is 34.1. The average molecular weight is 305 g/mol. The SMILES string of the molecule is COC1CCN(S(=O)(=O)N2CCC(C)CC2)C(CN)C1. The molecule has 0 aromatic carbocycles. The summed E-state index contributed by atoms with van der Waals surface area (Å²) in [6.45, 7) is 4.30. The normalized spacial score (nSPS) is 31.6. The monoisotopic (exact) mass is 305 g/mol. The first-order valence-electron chi connectivity index (χ1n) is 7.48. The molecule has 2 aliphatic rings. The second kappa shape index (κ2) is 6.70. The van der Waals surface area contributed by atoms with Gasteiger partial charge in [0.25, 0.3) is 10.2 Å². The Morgan fingerprint density at radius 2 is 1.85 bits per heavy atom. The Kier molecular flexibility index (Phi) is 5.42. The number of hydrogen-bond acceptors (Lipinski definition) is 4. The summed E-state index contributed by atoms with van der Waals surface area (Å²) in [5.41, 5.74) is 5.78. The summed E-state index contributed by atoms with van der Waals surface area (Å²) in [6.07, 6.45) is 3.45. The first kappa shape index (κ1) is 16.2. The van der Waals surface area contributed by atoms with E-state index >= 15 is 0 Å². The van der Waals surface area contributed by atoms with Gasteiger partial charge in [0.1, 0.15) is 0 Å². The van der Waals surface area contributed by atoms with E-state index in [-0.39, 0.29) is 12.1 Å². The molecular formula is C13H27N3O3S. The number of nitrogens with zero attached hydrogens (tertiary/aromatic N) is 2. The van der Waals surface area contributed by atoms with Crippen LogP contribution in [0.25, 0.3) is 0 Å². The standard InChI is InChI=1S/C13H27N3O3S/c1-11-3-6-15(7-4-11)20(17,18)16-8-5-13(19-2)9-12(16)10-14/h11-13H,3-10,14H2,1-2H3. The summed E-state index contributed by atoms with van der Waals surface area (Å²) in [5, 5.41) is 0. The zero-order valence-corrected chi connectivity index (χ0v) is 13.3. The Morgan fingerprint density at radius 1 is 1.20 bits per heavy atom. The number of ether oxygens (including phenoxy) is 1. The number of rotatable bonds is 4. The van der Waals surface area contributed by atoms with Crippen LogP contribution >= 0.6 is 0 Å². The van der Waals surface area contributed by atoms with Crippen molar-refractivity contribution in [3.05, 3.63) is 0 Å². The van der Waals surface area contributed by atoms with Gasteiger partial charge in [0.15, 0.2) is 0 Å². The minimum atomic E-state index is -3.37. The molecule has 0 aromatic heterocycles. The molecule has 2 fully saturated rings.